The molecule has 0 radical (unpaired) electrons. The Balaban J connectivity index is 1.77. The van der Waals surface area contributed by atoms with Crippen LogP contribution in [-0.2, 0) is 11.8 Å². The summed E-state index contributed by atoms with van der Waals surface area (Å²) in [5.41, 5.74) is 17.1. The van der Waals surface area contributed by atoms with Gasteiger partial charge in [0.2, 0.25) is 0 Å². The summed E-state index contributed by atoms with van der Waals surface area (Å²) >= 11 is 0. The van der Waals surface area contributed by atoms with Crippen LogP contribution in [0.5, 0.6) is 5.75 Å². The van der Waals surface area contributed by atoms with Gasteiger partial charge in [0.25, 0.3) is 0 Å². The van der Waals surface area contributed by atoms with E-state index in [-0.39, 0.29) is 24.2 Å². The molecular weight excluding hydrogens is 366 g/mol. The highest BCUT2D eigenvalue weighted by Gasteiger charge is 2.36. The molecule has 0 spiro atoms. The first-order valence-corrected chi connectivity index (χ1v) is 10.4. The van der Waals surface area contributed by atoms with Gasteiger partial charge in [0, 0.05) is 23.7 Å². The summed E-state index contributed by atoms with van der Waals surface area (Å²) in [6.45, 7) is 4.85. The van der Waals surface area contributed by atoms with Crippen molar-refractivity contribution < 1.29 is 9.84 Å². The van der Waals surface area contributed by atoms with E-state index in [0.717, 1.165) is 65.9 Å². The van der Waals surface area contributed by atoms with E-state index in [2.05, 4.69) is 35.2 Å². The quantitative estimate of drug-likeness (QED) is 0.612. The summed E-state index contributed by atoms with van der Waals surface area (Å²) < 4.78 is 6.42. The second-order valence-corrected chi connectivity index (χ2v) is 8.81. The minimum absolute atomic E-state index is 0.0521. The van der Waals surface area contributed by atoms with Crippen LogP contribution in [0.4, 0.5) is 11.5 Å². The van der Waals surface area contributed by atoms with E-state index in [1.54, 1.807) is 0 Å². The van der Waals surface area contributed by atoms with Gasteiger partial charge in [0.05, 0.1) is 24.1 Å². The number of rotatable bonds is 5. The number of aromatic nitrogens is 2. The molecule has 156 valence electrons. The number of hydrogen-bond donors (Lipinski definition) is 4. The zero-order chi connectivity index (χ0) is 20.6. The Morgan fingerprint density at radius 3 is 2.69 bits per heavy atom. The number of benzene rings is 1. The SMILES string of the molecule is CC1(C)Cc2c(ccc(O[C@H]3CC[C@H](N)CC3)c2NCCO)-c2ncnc(N)c21. The van der Waals surface area contributed by atoms with Crippen molar-refractivity contribution in [1.82, 2.24) is 9.97 Å². The van der Waals surface area contributed by atoms with Crippen LogP contribution in [0.2, 0.25) is 0 Å². The lowest BCUT2D eigenvalue weighted by Gasteiger charge is -2.36. The Morgan fingerprint density at radius 1 is 1.21 bits per heavy atom. The lowest BCUT2D eigenvalue weighted by atomic mass is 9.71. The van der Waals surface area contributed by atoms with Crippen molar-refractivity contribution in [3.8, 4) is 17.0 Å². The molecule has 7 heteroatoms. The van der Waals surface area contributed by atoms with Crippen LogP contribution in [0.1, 0.15) is 50.7 Å². The first kappa shape index (κ1) is 19.9. The van der Waals surface area contributed by atoms with Crippen LogP contribution in [0, 0.1) is 0 Å². The molecule has 2 aromatic rings. The van der Waals surface area contributed by atoms with E-state index in [1.165, 1.54) is 6.33 Å². The van der Waals surface area contributed by atoms with Gasteiger partial charge in [-0.15, -0.1) is 0 Å². The fourth-order valence-corrected chi connectivity index (χ4v) is 4.69. The number of aliphatic hydroxyl groups is 1. The number of hydrogen-bond acceptors (Lipinski definition) is 7. The molecule has 2 aliphatic carbocycles. The minimum atomic E-state index is -0.209. The van der Waals surface area contributed by atoms with Crippen molar-refractivity contribution in [2.75, 3.05) is 24.2 Å². The second kappa shape index (κ2) is 7.80. The zero-order valence-corrected chi connectivity index (χ0v) is 17.2. The molecule has 1 aromatic heterocycles. The third-order valence-electron chi connectivity index (χ3n) is 6.13. The highest BCUT2D eigenvalue weighted by molar-refractivity contribution is 5.82. The third-order valence-corrected chi connectivity index (χ3v) is 6.13. The Kier molecular flexibility index (Phi) is 5.36. The average Bonchev–Trinajstić information content (AvgIpc) is 2.68. The predicted octanol–water partition coefficient (Wildman–Crippen LogP) is 2.61. The van der Waals surface area contributed by atoms with Crippen molar-refractivity contribution in [2.45, 2.75) is 63.5 Å². The summed E-state index contributed by atoms with van der Waals surface area (Å²) in [4.78, 5) is 8.79. The van der Waals surface area contributed by atoms with E-state index < -0.39 is 0 Å². The molecule has 6 N–H and O–H groups in total. The minimum Gasteiger partial charge on any atom is -0.488 e. The third kappa shape index (κ3) is 3.76. The smallest absolute Gasteiger partial charge is 0.143 e. The maximum Gasteiger partial charge on any atom is 0.143 e. The number of anilines is 2. The number of nitrogens with zero attached hydrogens (tertiary/aromatic N) is 2. The highest BCUT2D eigenvalue weighted by atomic mass is 16.5. The summed E-state index contributed by atoms with van der Waals surface area (Å²) in [7, 11) is 0. The highest BCUT2D eigenvalue weighted by Crippen LogP contribution is 2.48. The fourth-order valence-electron chi connectivity index (χ4n) is 4.69. The van der Waals surface area contributed by atoms with Crippen LogP contribution in [0.15, 0.2) is 18.5 Å². The number of aliphatic hydroxyl groups excluding tert-OH is 1. The molecule has 0 atom stereocenters. The van der Waals surface area contributed by atoms with Crippen molar-refractivity contribution in [2.24, 2.45) is 5.73 Å². The molecule has 1 fully saturated rings. The van der Waals surface area contributed by atoms with E-state index in [4.69, 9.17) is 16.2 Å². The van der Waals surface area contributed by atoms with Crippen LogP contribution < -0.4 is 21.5 Å². The van der Waals surface area contributed by atoms with Gasteiger partial charge in [-0.1, -0.05) is 13.8 Å². The predicted molar refractivity (Wildman–Crippen MR) is 115 cm³/mol. The molecule has 7 nitrogen and oxygen atoms in total. The molecular formula is C22H31N5O2. The van der Waals surface area contributed by atoms with E-state index >= 15 is 0 Å². The maximum absolute atomic E-state index is 9.42. The Bertz CT molecular complexity index is 891. The van der Waals surface area contributed by atoms with Gasteiger partial charge in [0.1, 0.15) is 17.9 Å². The molecule has 1 heterocycles. The van der Waals surface area contributed by atoms with Gasteiger partial charge < -0.3 is 26.6 Å². The van der Waals surface area contributed by atoms with Crippen LogP contribution in [-0.4, -0.2) is 40.4 Å². The number of fused-ring (bicyclic) bond motifs is 3. The molecule has 0 unspecified atom stereocenters. The number of nitrogens with two attached hydrogens (primary N) is 2. The summed E-state index contributed by atoms with van der Waals surface area (Å²) in [5.74, 6) is 1.37. The van der Waals surface area contributed by atoms with E-state index in [1.807, 2.05) is 6.07 Å². The van der Waals surface area contributed by atoms with Gasteiger partial charge in [-0.05, 0) is 55.2 Å². The van der Waals surface area contributed by atoms with Crippen LogP contribution >= 0.6 is 0 Å². The first-order valence-electron chi connectivity index (χ1n) is 10.4. The molecule has 1 aromatic carbocycles. The van der Waals surface area contributed by atoms with Gasteiger partial charge >= 0.3 is 0 Å². The molecule has 2 aliphatic rings. The molecule has 0 saturated heterocycles. The number of nitrogens with one attached hydrogen (secondary N) is 1. The average molecular weight is 398 g/mol. The summed E-state index contributed by atoms with van der Waals surface area (Å²) in [5, 5.41) is 12.8. The molecule has 4 rings (SSSR count). The van der Waals surface area contributed by atoms with E-state index in [9.17, 15) is 5.11 Å². The Hall–Kier alpha value is -2.38. The van der Waals surface area contributed by atoms with Crippen LogP contribution in [0.25, 0.3) is 11.3 Å². The topological polar surface area (TPSA) is 119 Å². The number of ether oxygens (including phenoxy) is 1. The molecule has 0 amide bonds. The van der Waals surface area contributed by atoms with Crippen molar-refractivity contribution in [3.05, 3.63) is 29.6 Å². The molecule has 29 heavy (non-hydrogen) atoms. The van der Waals surface area contributed by atoms with Crippen LogP contribution in [0.3, 0.4) is 0 Å². The zero-order valence-electron chi connectivity index (χ0n) is 17.2. The largest absolute Gasteiger partial charge is 0.488 e. The van der Waals surface area contributed by atoms with Gasteiger partial charge in [0.15, 0.2) is 0 Å². The Labute approximate surface area is 171 Å². The van der Waals surface area contributed by atoms with Gasteiger partial charge in [-0.2, -0.15) is 0 Å². The van der Waals surface area contributed by atoms with E-state index in [0.29, 0.717) is 12.4 Å². The van der Waals surface area contributed by atoms with Crippen molar-refractivity contribution >= 4 is 11.5 Å². The standard InChI is InChI=1S/C22H31N5O2/c1-22(2)11-16-15(20-18(22)21(24)27-12-26-20)7-8-17(19(16)25-9-10-28)29-14-5-3-13(23)4-6-14/h7-8,12-14,25,28H,3-6,9-11,23H2,1-2H3,(H2,24,26,27)/t13-,14-. The molecule has 1 saturated carbocycles. The normalized spacial score (nSPS) is 22.5. The maximum atomic E-state index is 9.42. The lowest BCUT2D eigenvalue weighted by molar-refractivity contribution is 0.148. The summed E-state index contributed by atoms with van der Waals surface area (Å²) in [6.07, 6.45) is 6.40. The summed E-state index contributed by atoms with van der Waals surface area (Å²) in [6, 6.07) is 4.37. The van der Waals surface area contributed by atoms with Crippen molar-refractivity contribution in [1.29, 1.82) is 0 Å². The Morgan fingerprint density at radius 2 is 1.97 bits per heavy atom. The molecule has 0 bridgehead atoms. The number of nitrogen functional groups attached to an aromatic ring is 1. The fraction of sp³-hybridized carbons (Fsp3) is 0.545. The monoisotopic (exact) mass is 397 g/mol. The molecule has 0 aliphatic heterocycles. The second-order valence-electron chi connectivity index (χ2n) is 8.81. The van der Waals surface area contributed by atoms with Crippen molar-refractivity contribution in [3.63, 3.8) is 0 Å². The first-order chi connectivity index (χ1) is 13.9. The van der Waals surface area contributed by atoms with Gasteiger partial charge in [-0.25, -0.2) is 9.97 Å². The van der Waals surface area contributed by atoms with Gasteiger partial charge in [-0.3, -0.25) is 0 Å². The lowest BCUT2D eigenvalue weighted by Crippen LogP contribution is -2.32.